The maximum Gasteiger partial charge on any atom is 0.338 e. The molecule has 1 aromatic carbocycles. The molecule has 4 unspecified atom stereocenters. The number of nitrogens with zero attached hydrogens (tertiary/aromatic N) is 1. The lowest BCUT2D eigenvalue weighted by molar-refractivity contribution is -0.123. The van der Waals surface area contributed by atoms with Crippen molar-refractivity contribution in [1.82, 2.24) is 0 Å². The van der Waals surface area contributed by atoms with Crippen LogP contribution in [-0.4, -0.2) is 24.4 Å². The zero-order valence-corrected chi connectivity index (χ0v) is 14.4. The molecule has 132 valence electrons. The molecule has 25 heavy (non-hydrogen) atoms. The van der Waals surface area contributed by atoms with Gasteiger partial charge < -0.3 is 4.74 Å². The first-order valence-electron chi connectivity index (χ1n) is 9.26. The summed E-state index contributed by atoms with van der Waals surface area (Å²) >= 11 is 0. The number of rotatable bonds is 5. The molecule has 3 aliphatic rings. The molecule has 2 bridgehead atoms. The largest absolute Gasteiger partial charge is 0.462 e. The average Bonchev–Trinajstić information content (AvgIpc) is 3.29. The first-order chi connectivity index (χ1) is 12.1. The summed E-state index contributed by atoms with van der Waals surface area (Å²) in [6, 6.07) is 6.69. The molecule has 0 N–H and O–H groups in total. The molecule has 2 aliphatic carbocycles. The lowest BCUT2D eigenvalue weighted by atomic mass is 9.81. The fourth-order valence-corrected chi connectivity index (χ4v) is 4.83. The molecule has 0 aromatic heterocycles. The maximum absolute atomic E-state index is 12.9. The highest BCUT2D eigenvalue weighted by atomic mass is 16.5. The molecule has 2 amide bonds. The van der Waals surface area contributed by atoms with Crippen LogP contribution in [0.3, 0.4) is 0 Å². The van der Waals surface area contributed by atoms with Crippen molar-refractivity contribution in [2.75, 3.05) is 11.5 Å². The minimum atomic E-state index is -0.408. The van der Waals surface area contributed by atoms with Gasteiger partial charge in [0.1, 0.15) is 0 Å². The van der Waals surface area contributed by atoms with E-state index in [0.29, 0.717) is 29.7 Å². The molecule has 4 rings (SSSR count). The highest BCUT2D eigenvalue weighted by Crippen LogP contribution is 2.56. The van der Waals surface area contributed by atoms with Gasteiger partial charge in [-0.3, -0.25) is 14.5 Å². The van der Waals surface area contributed by atoms with Crippen LogP contribution in [0.15, 0.2) is 24.3 Å². The molecule has 3 fully saturated rings. The fraction of sp³-hybridized carbons (Fsp3) is 0.550. The quantitative estimate of drug-likeness (QED) is 0.469. The molecule has 1 aromatic rings. The van der Waals surface area contributed by atoms with Crippen LogP contribution in [-0.2, 0) is 14.3 Å². The minimum Gasteiger partial charge on any atom is -0.462 e. The Bertz CT molecular complexity index is 700. The zero-order valence-electron chi connectivity index (χ0n) is 14.4. The topological polar surface area (TPSA) is 63.7 Å². The summed E-state index contributed by atoms with van der Waals surface area (Å²) in [5.74, 6) is -0.151. The molecular formula is C20H23NO4. The van der Waals surface area contributed by atoms with Crippen molar-refractivity contribution in [2.45, 2.75) is 39.0 Å². The molecule has 1 saturated heterocycles. The second-order valence-corrected chi connectivity index (χ2v) is 7.44. The normalized spacial score (nSPS) is 30.0. The van der Waals surface area contributed by atoms with E-state index in [1.54, 1.807) is 24.3 Å². The molecule has 4 atom stereocenters. The fourth-order valence-electron chi connectivity index (χ4n) is 4.83. The predicted molar refractivity (Wildman–Crippen MR) is 91.9 cm³/mol. The van der Waals surface area contributed by atoms with Crippen LogP contribution in [0, 0.1) is 23.7 Å². The third kappa shape index (κ3) is 2.57. The van der Waals surface area contributed by atoms with E-state index < -0.39 is 5.97 Å². The van der Waals surface area contributed by atoms with Gasteiger partial charge in [0.15, 0.2) is 0 Å². The van der Waals surface area contributed by atoms with Gasteiger partial charge in [-0.05, 0) is 55.7 Å². The number of anilines is 1. The minimum absolute atomic E-state index is 0.0845. The number of benzene rings is 1. The number of unbranched alkanes of at least 4 members (excludes halogenated alkanes) is 1. The number of carbonyl (C=O) groups excluding carboxylic acids is 3. The lowest BCUT2D eigenvalue weighted by Gasteiger charge is -2.19. The summed E-state index contributed by atoms with van der Waals surface area (Å²) in [6.07, 6.45) is 4.91. The third-order valence-electron chi connectivity index (χ3n) is 6.00. The summed E-state index contributed by atoms with van der Waals surface area (Å²) < 4.78 is 5.23. The van der Waals surface area contributed by atoms with E-state index in [1.165, 1.54) is 4.90 Å². The van der Waals surface area contributed by atoms with Gasteiger partial charge in [-0.1, -0.05) is 19.4 Å². The van der Waals surface area contributed by atoms with Crippen molar-refractivity contribution in [3.8, 4) is 0 Å². The Hall–Kier alpha value is -2.17. The van der Waals surface area contributed by atoms with Crippen LogP contribution in [0.4, 0.5) is 5.69 Å². The number of hydrogen-bond donors (Lipinski definition) is 0. The van der Waals surface area contributed by atoms with E-state index >= 15 is 0 Å². The van der Waals surface area contributed by atoms with Crippen molar-refractivity contribution < 1.29 is 19.1 Å². The molecule has 1 aliphatic heterocycles. The van der Waals surface area contributed by atoms with Gasteiger partial charge in [-0.2, -0.15) is 0 Å². The first-order valence-corrected chi connectivity index (χ1v) is 9.26. The number of amides is 2. The molecular weight excluding hydrogens is 318 g/mol. The number of imide groups is 1. The zero-order chi connectivity index (χ0) is 17.6. The standard InChI is InChI=1S/C20H23NO4/c1-2-3-9-25-20(24)14-5-4-6-15(11-14)21-18(22)16-12-7-8-13(10-12)17(16)19(21)23/h4-6,11-13,16-17H,2-3,7-10H2,1H3. The van der Waals surface area contributed by atoms with Crippen molar-refractivity contribution in [1.29, 1.82) is 0 Å². The van der Waals surface area contributed by atoms with Crippen molar-refractivity contribution in [2.24, 2.45) is 23.7 Å². The summed E-state index contributed by atoms with van der Waals surface area (Å²) in [7, 11) is 0. The third-order valence-corrected chi connectivity index (χ3v) is 6.00. The Kier molecular flexibility index (Phi) is 4.10. The molecule has 1 heterocycles. The van der Waals surface area contributed by atoms with Crippen LogP contribution in [0.1, 0.15) is 49.4 Å². The number of hydrogen-bond acceptors (Lipinski definition) is 4. The Morgan fingerprint density at radius 1 is 1.16 bits per heavy atom. The monoisotopic (exact) mass is 341 g/mol. The summed E-state index contributed by atoms with van der Waals surface area (Å²) in [4.78, 5) is 39.2. The van der Waals surface area contributed by atoms with E-state index in [9.17, 15) is 14.4 Å². The van der Waals surface area contributed by atoms with Crippen LogP contribution < -0.4 is 4.90 Å². The first kappa shape index (κ1) is 16.3. The summed E-state index contributed by atoms with van der Waals surface area (Å²) in [5, 5.41) is 0. The smallest absolute Gasteiger partial charge is 0.338 e. The van der Waals surface area contributed by atoms with Gasteiger partial charge in [0.2, 0.25) is 11.8 Å². The van der Waals surface area contributed by atoms with Gasteiger partial charge in [0.05, 0.1) is 29.7 Å². The number of esters is 1. The van der Waals surface area contributed by atoms with E-state index in [4.69, 9.17) is 4.74 Å². The van der Waals surface area contributed by atoms with E-state index in [2.05, 4.69) is 0 Å². The van der Waals surface area contributed by atoms with E-state index in [1.807, 2.05) is 6.92 Å². The van der Waals surface area contributed by atoms with Gasteiger partial charge in [-0.25, -0.2) is 4.79 Å². The number of ether oxygens (including phenoxy) is 1. The van der Waals surface area contributed by atoms with Gasteiger partial charge in [0, 0.05) is 0 Å². The van der Waals surface area contributed by atoms with Crippen LogP contribution in [0.25, 0.3) is 0 Å². The van der Waals surface area contributed by atoms with E-state index in [-0.39, 0.29) is 23.7 Å². The molecule has 0 radical (unpaired) electrons. The molecule has 0 spiro atoms. The van der Waals surface area contributed by atoms with E-state index in [0.717, 1.165) is 32.1 Å². The maximum atomic E-state index is 12.9. The predicted octanol–water partition coefficient (Wildman–Crippen LogP) is 3.18. The Morgan fingerprint density at radius 3 is 2.48 bits per heavy atom. The molecule has 5 heteroatoms. The van der Waals surface area contributed by atoms with Crippen molar-refractivity contribution in [3.05, 3.63) is 29.8 Å². The summed E-state index contributed by atoms with van der Waals surface area (Å²) in [5.41, 5.74) is 0.878. The Morgan fingerprint density at radius 2 is 1.84 bits per heavy atom. The van der Waals surface area contributed by atoms with Crippen LogP contribution in [0.2, 0.25) is 0 Å². The van der Waals surface area contributed by atoms with Gasteiger partial charge >= 0.3 is 5.97 Å². The molecule has 2 saturated carbocycles. The van der Waals surface area contributed by atoms with Crippen LogP contribution >= 0.6 is 0 Å². The Labute approximate surface area is 147 Å². The van der Waals surface area contributed by atoms with Crippen molar-refractivity contribution in [3.63, 3.8) is 0 Å². The number of carbonyl (C=O) groups is 3. The SMILES string of the molecule is CCCCOC(=O)c1cccc(N2C(=O)C3C4CCC(C4)C3C2=O)c1. The van der Waals surface area contributed by atoms with Gasteiger partial charge in [0.25, 0.3) is 0 Å². The highest BCUT2D eigenvalue weighted by Gasteiger charge is 2.61. The Balaban J connectivity index is 1.56. The average molecular weight is 341 g/mol. The summed E-state index contributed by atoms with van der Waals surface area (Å²) in [6.45, 7) is 2.41. The highest BCUT2D eigenvalue weighted by molar-refractivity contribution is 6.22. The number of fused-ring (bicyclic) bond motifs is 5. The van der Waals surface area contributed by atoms with Gasteiger partial charge in [-0.15, -0.1) is 0 Å². The van der Waals surface area contributed by atoms with Crippen molar-refractivity contribution >= 4 is 23.5 Å². The second kappa shape index (κ2) is 6.28. The second-order valence-electron chi connectivity index (χ2n) is 7.44. The lowest BCUT2D eigenvalue weighted by Crippen LogP contribution is -2.32. The van der Waals surface area contributed by atoms with Crippen LogP contribution in [0.5, 0.6) is 0 Å². The molecule has 5 nitrogen and oxygen atoms in total.